The monoisotopic (exact) mass is 249 g/mol. The number of aliphatic imine (C=N–C) groups is 1. The molecular weight excluding hydrogens is 234 g/mol. The fourth-order valence-corrected chi connectivity index (χ4v) is 1.52. The Morgan fingerprint density at radius 1 is 0.895 bits per heavy atom. The molecule has 0 bridgehead atoms. The molecule has 0 aliphatic heterocycles. The van der Waals surface area contributed by atoms with Crippen molar-refractivity contribution in [1.29, 1.82) is 0 Å². The molecule has 2 rings (SSSR count). The van der Waals surface area contributed by atoms with Crippen molar-refractivity contribution in [3.63, 3.8) is 0 Å². The second-order valence-corrected chi connectivity index (χ2v) is 3.87. The Morgan fingerprint density at radius 2 is 1.53 bits per heavy atom. The van der Waals surface area contributed by atoms with E-state index in [-0.39, 0.29) is 0 Å². The Morgan fingerprint density at radius 3 is 2.16 bits per heavy atom. The van der Waals surface area contributed by atoms with Gasteiger partial charge in [-0.1, -0.05) is 24.3 Å². The van der Waals surface area contributed by atoms with Gasteiger partial charge in [-0.3, -0.25) is 9.98 Å². The fraction of sp³-hybridized carbons (Fsp3) is 0. The number of aromatic nitrogens is 1. The van der Waals surface area contributed by atoms with E-state index in [1.165, 1.54) is 6.20 Å². The maximum atomic E-state index is 5.23. The van der Waals surface area contributed by atoms with Crippen molar-refractivity contribution in [2.75, 3.05) is 0 Å². The SMILES string of the molecule is NC=CC=Nc1ccc(/C=C/c2ccncc2)cc1. The molecule has 0 fully saturated rings. The second-order valence-electron chi connectivity index (χ2n) is 3.87. The lowest BCUT2D eigenvalue weighted by Crippen LogP contribution is -1.76. The number of pyridine rings is 1. The van der Waals surface area contributed by atoms with Gasteiger partial charge in [0.25, 0.3) is 0 Å². The lowest BCUT2D eigenvalue weighted by molar-refractivity contribution is 1.32. The van der Waals surface area contributed by atoms with Crippen LogP contribution in [0.4, 0.5) is 5.69 Å². The topological polar surface area (TPSA) is 51.3 Å². The molecule has 0 radical (unpaired) electrons. The van der Waals surface area contributed by atoms with Gasteiger partial charge in [0, 0.05) is 18.6 Å². The van der Waals surface area contributed by atoms with Crippen LogP contribution in [0.3, 0.4) is 0 Å². The zero-order valence-electron chi connectivity index (χ0n) is 10.5. The molecule has 0 unspecified atom stereocenters. The highest BCUT2D eigenvalue weighted by atomic mass is 14.7. The fourth-order valence-electron chi connectivity index (χ4n) is 1.52. The molecule has 0 aliphatic rings. The Hall–Kier alpha value is -2.68. The normalized spacial score (nSPS) is 11.8. The standard InChI is InChI=1S/C16H15N3/c17-10-1-11-19-16-6-4-14(5-7-16)2-3-15-8-12-18-13-9-15/h1-13H,17H2/b3-2+,10-1?,19-11?. The van der Waals surface area contributed by atoms with Crippen LogP contribution in [-0.4, -0.2) is 11.2 Å². The maximum Gasteiger partial charge on any atom is 0.0630 e. The summed E-state index contributed by atoms with van der Waals surface area (Å²) in [4.78, 5) is 8.21. The van der Waals surface area contributed by atoms with Crippen LogP contribution in [0.1, 0.15) is 11.1 Å². The molecule has 94 valence electrons. The van der Waals surface area contributed by atoms with E-state index in [2.05, 4.69) is 22.1 Å². The molecule has 2 aromatic rings. The van der Waals surface area contributed by atoms with E-state index < -0.39 is 0 Å². The van der Waals surface area contributed by atoms with Crippen LogP contribution in [0.25, 0.3) is 12.2 Å². The van der Waals surface area contributed by atoms with Gasteiger partial charge in [-0.05, 0) is 47.7 Å². The number of allylic oxidation sites excluding steroid dienone is 1. The molecule has 0 aliphatic carbocycles. The van der Waals surface area contributed by atoms with Crippen molar-refractivity contribution in [2.45, 2.75) is 0 Å². The highest BCUT2D eigenvalue weighted by Crippen LogP contribution is 2.14. The minimum atomic E-state index is 0.902. The first-order valence-electron chi connectivity index (χ1n) is 5.97. The first-order valence-corrected chi connectivity index (χ1v) is 5.97. The first-order chi connectivity index (χ1) is 9.38. The van der Waals surface area contributed by atoms with E-state index in [1.54, 1.807) is 24.7 Å². The van der Waals surface area contributed by atoms with Crippen LogP contribution < -0.4 is 5.73 Å². The molecule has 1 aromatic carbocycles. The Labute approximate surface area is 112 Å². The predicted molar refractivity (Wildman–Crippen MR) is 81.1 cm³/mol. The van der Waals surface area contributed by atoms with E-state index in [4.69, 9.17) is 5.73 Å². The zero-order chi connectivity index (χ0) is 13.3. The zero-order valence-corrected chi connectivity index (χ0v) is 10.5. The highest BCUT2D eigenvalue weighted by molar-refractivity contribution is 5.75. The summed E-state index contributed by atoms with van der Waals surface area (Å²) in [6.45, 7) is 0. The van der Waals surface area contributed by atoms with E-state index in [1.807, 2.05) is 36.4 Å². The first kappa shape index (κ1) is 12.8. The van der Waals surface area contributed by atoms with E-state index in [9.17, 15) is 0 Å². The summed E-state index contributed by atoms with van der Waals surface area (Å²) < 4.78 is 0. The summed E-state index contributed by atoms with van der Waals surface area (Å²) in [5, 5.41) is 0. The number of rotatable bonds is 4. The molecule has 19 heavy (non-hydrogen) atoms. The smallest absolute Gasteiger partial charge is 0.0630 e. The number of benzene rings is 1. The number of nitrogens with zero attached hydrogens (tertiary/aromatic N) is 2. The second kappa shape index (κ2) is 6.91. The summed E-state index contributed by atoms with van der Waals surface area (Å²) in [5.41, 5.74) is 8.39. The minimum Gasteiger partial charge on any atom is -0.405 e. The van der Waals surface area contributed by atoms with E-state index in [0.29, 0.717) is 0 Å². The van der Waals surface area contributed by atoms with Crippen LogP contribution in [0.5, 0.6) is 0 Å². The van der Waals surface area contributed by atoms with Crippen LogP contribution in [0, 0.1) is 0 Å². The predicted octanol–water partition coefficient (Wildman–Crippen LogP) is 3.43. The van der Waals surface area contributed by atoms with Gasteiger partial charge in [-0.15, -0.1) is 0 Å². The molecule has 2 N–H and O–H groups in total. The van der Waals surface area contributed by atoms with Gasteiger partial charge < -0.3 is 5.73 Å². The van der Waals surface area contributed by atoms with Gasteiger partial charge in [0.05, 0.1) is 5.69 Å². The minimum absolute atomic E-state index is 0.902. The van der Waals surface area contributed by atoms with Crippen molar-refractivity contribution in [1.82, 2.24) is 4.98 Å². The molecule has 1 heterocycles. The van der Waals surface area contributed by atoms with E-state index >= 15 is 0 Å². The summed E-state index contributed by atoms with van der Waals surface area (Å²) in [6.07, 6.45) is 12.5. The third kappa shape index (κ3) is 4.24. The molecule has 0 spiro atoms. The van der Waals surface area contributed by atoms with Crippen molar-refractivity contribution >= 4 is 24.1 Å². The molecule has 0 saturated heterocycles. The largest absolute Gasteiger partial charge is 0.405 e. The van der Waals surface area contributed by atoms with Crippen LogP contribution in [0.15, 0.2) is 66.1 Å². The van der Waals surface area contributed by atoms with Gasteiger partial charge in [0.15, 0.2) is 0 Å². The summed E-state index contributed by atoms with van der Waals surface area (Å²) in [7, 11) is 0. The maximum absolute atomic E-state index is 5.23. The van der Waals surface area contributed by atoms with Crippen molar-refractivity contribution in [3.05, 3.63) is 72.2 Å². The number of hydrogen-bond acceptors (Lipinski definition) is 3. The Kier molecular flexibility index (Phi) is 4.64. The van der Waals surface area contributed by atoms with Gasteiger partial charge in [0.2, 0.25) is 0 Å². The number of hydrogen-bond donors (Lipinski definition) is 1. The Bertz CT molecular complexity index is 581. The summed E-state index contributed by atoms with van der Waals surface area (Å²) in [6, 6.07) is 11.9. The van der Waals surface area contributed by atoms with Crippen LogP contribution in [-0.2, 0) is 0 Å². The third-order valence-electron chi connectivity index (χ3n) is 2.49. The van der Waals surface area contributed by atoms with Crippen molar-refractivity contribution in [2.24, 2.45) is 10.7 Å². The van der Waals surface area contributed by atoms with Gasteiger partial charge in [-0.2, -0.15) is 0 Å². The van der Waals surface area contributed by atoms with Crippen LogP contribution >= 0.6 is 0 Å². The van der Waals surface area contributed by atoms with Gasteiger partial charge >= 0.3 is 0 Å². The molecular formula is C16H15N3. The van der Waals surface area contributed by atoms with Gasteiger partial charge in [0.1, 0.15) is 0 Å². The van der Waals surface area contributed by atoms with Crippen LogP contribution in [0.2, 0.25) is 0 Å². The molecule has 1 aromatic heterocycles. The van der Waals surface area contributed by atoms with Crippen molar-refractivity contribution in [3.8, 4) is 0 Å². The average Bonchev–Trinajstić information content (AvgIpc) is 2.48. The molecule has 0 saturated carbocycles. The quantitative estimate of drug-likeness (QED) is 0.844. The highest BCUT2D eigenvalue weighted by Gasteiger charge is 1.89. The average molecular weight is 249 g/mol. The Balaban J connectivity index is 2.05. The van der Waals surface area contributed by atoms with E-state index in [0.717, 1.165) is 16.8 Å². The summed E-state index contributed by atoms with van der Waals surface area (Å²) in [5.74, 6) is 0. The molecule has 3 nitrogen and oxygen atoms in total. The lowest BCUT2D eigenvalue weighted by atomic mass is 10.1. The lowest BCUT2D eigenvalue weighted by Gasteiger charge is -1.96. The molecule has 0 atom stereocenters. The van der Waals surface area contributed by atoms with Crippen molar-refractivity contribution < 1.29 is 0 Å². The molecule has 3 heteroatoms. The molecule has 0 amide bonds. The van der Waals surface area contributed by atoms with Gasteiger partial charge in [-0.25, -0.2) is 0 Å². The number of nitrogens with two attached hydrogens (primary N) is 1. The third-order valence-corrected chi connectivity index (χ3v) is 2.49. The summed E-state index contributed by atoms with van der Waals surface area (Å²) >= 11 is 0.